The Morgan fingerprint density at radius 1 is 1.33 bits per heavy atom. The molecule has 0 aliphatic carbocycles. The van der Waals surface area contributed by atoms with E-state index >= 15 is 0 Å². The molecule has 18 heavy (non-hydrogen) atoms. The smallest absolute Gasteiger partial charge is 0.323 e. The Morgan fingerprint density at radius 2 is 1.89 bits per heavy atom. The molecule has 0 amide bonds. The number of carbonyl (C=O) groups is 1. The van der Waals surface area contributed by atoms with Gasteiger partial charge in [-0.1, -0.05) is 0 Å². The second-order valence-corrected chi connectivity index (χ2v) is 7.48. The fourth-order valence-electron chi connectivity index (χ4n) is 1.91. The average molecular weight is 278 g/mol. The first-order valence-corrected chi connectivity index (χ1v) is 8.00. The molecule has 0 spiro atoms. The Bertz CT molecular complexity index is 378. The summed E-state index contributed by atoms with van der Waals surface area (Å²) in [5.41, 5.74) is 4.46. The van der Waals surface area contributed by atoms with E-state index in [0.29, 0.717) is 19.5 Å². The van der Waals surface area contributed by atoms with Crippen molar-refractivity contribution in [2.75, 3.05) is 31.1 Å². The van der Waals surface area contributed by atoms with Gasteiger partial charge in [-0.3, -0.25) is 4.79 Å². The third-order valence-electron chi connectivity index (χ3n) is 3.35. The van der Waals surface area contributed by atoms with Gasteiger partial charge in [0.2, 0.25) is 0 Å². The van der Waals surface area contributed by atoms with Crippen LogP contribution in [0.1, 0.15) is 26.2 Å². The number of aliphatic carboxylic acids is 1. The quantitative estimate of drug-likeness (QED) is 0.646. The van der Waals surface area contributed by atoms with Crippen molar-refractivity contribution in [2.45, 2.75) is 31.7 Å². The number of carboxylic acids is 1. The highest BCUT2D eigenvalue weighted by Crippen LogP contribution is 2.12. The molecule has 106 valence electrons. The number of hydrogen-bond donors (Lipinski definition) is 2. The predicted molar refractivity (Wildman–Crippen MR) is 69.2 cm³/mol. The molecular weight excluding hydrogens is 256 g/mol. The molecule has 1 aliphatic rings. The van der Waals surface area contributed by atoms with Gasteiger partial charge in [0.25, 0.3) is 0 Å². The molecule has 0 radical (unpaired) electrons. The van der Waals surface area contributed by atoms with Crippen LogP contribution in [0.4, 0.5) is 0 Å². The fourth-order valence-corrected chi connectivity index (χ4v) is 3.19. The van der Waals surface area contributed by atoms with E-state index in [1.807, 2.05) is 0 Å². The molecule has 0 aromatic carbocycles. The Hall–Kier alpha value is -0.660. The molecule has 1 unspecified atom stereocenters. The number of nitrogens with zero attached hydrogens (tertiary/aromatic N) is 1. The number of carboxylic acid groups (broad SMARTS) is 1. The predicted octanol–water partition coefficient (Wildman–Crippen LogP) is -0.311. The minimum absolute atomic E-state index is 0.233. The van der Waals surface area contributed by atoms with Crippen molar-refractivity contribution in [1.29, 1.82) is 0 Å². The summed E-state index contributed by atoms with van der Waals surface area (Å²) >= 11 is 0. The Morgan fingerprint density at radius 3 is 2.39 bits per heavy atom. The van der Waals surface area contributed by atoms with Gasteiger partial charge in [0.1, 0.15) is 5.54 Å². The maximum atomic E-state index is 11.2. The first-order chi connectivity index (χ1) is 8.23. The van der Waals surface area contributed by atoms with Crippen molar-refractivity contribution in [3.8, 4) is 0 Å². The van der Waals surface area contributed by atoms with Crippen molar-refractivity contribution < 1.29 is 18.3 Å². The fraction of sp³-hybridized carbons (Fsp3) is 0.909. The molecular formula is C11H22N2O4S. The largest absolute Gasteiger partial charge is 0.480 e. The van der Waals surface area contributed by atoms with Gasteiger partial charge in [-0.25, -0.2) is 8.42 Å². The van der Waals surface area contributed by atoms with Crippen LogP contribution < -0.4 is 5.73 Å². The summed E-state index contributed by atoms with van der Waals surface area (Å²) in [6.07, 6.45) is 2.02. The lowest BCUT2D eigenvalue weighted by Crippen LogP contribution is -2.45. The van der Waals surface area contributed by atoms with Crippen molar-refractivity contribution in [3.63, 3.8) is 0 Å². The summed E-state index contributed by atoms with van der Waals surface area (Å²) in [5, 5.41) is 8.84. The summed E-state index contributed by atoms with van der Waals surface area (Å²) in [7, 11) is -2.82. The molecule has 3 N–H and O–H groups in total. The summed E-state index contributed by atoms with van der Waals surface area (Å²) in [6.45, 7) is 3.50. The molecule has 7 heteroatoms. The van der Waals surface area contributed by atoms with E-state index in [4.69, 9.17) is 10.8 Å². The maximum Gasteiger partial charge on any atom is 0.323 e. The van der Waals surface area contributed by atoms with Crippen LogP contribution in [-0.2, 0) is 14.6 Å². The average Bonchev–Trinajstić information content (AvgIpc) is 2.26. The van der Waals surface area contributed by atoms with E-state index in [9.17, 15) is 13.2 Å². The van der Waals surface area contributed by atoms with Gasteiger partial charge in [-0.05, 0) is 32.7 Å². The van der Waals surface area contributed by atoms with Crippen molar-refractivity contribution in [3.05, 3.63) is 0 Å². The standard InChI is InChI=1S/C11H22N2O4S/c1-11(12,10(14)15)4-2-3-5-13-6-8-18(16,17)9-7-13/h2-9,12H2,1H3,(H,14,15). The first-order valence-electron chi connectivity index (χ1n) is 6.18. The second kappa shape index (κ2) is 5.99. The third-order valence-corrected chi connectivity index (χ3v) is 4.96. The third kappa shape index (κ3) is 4.91. The van der Waals surface area contributed by atoms with E-state index < -0.39 is 21.3 Å². The second-order valence-electron chi connectivity index (χ2n) is 5.17. The maximum absolute atomic E-state index is 11.2. The van der Waals surface area contributed by atoms with E-state index in [0.717, 1.165) is 19.4 Å². The number of rotatable bonds is 6. The Kier molecular flexibility index (Phi) is 5.12. The monoisotopic (exact) mass is 278 g/mol. The lowest BCUT2D eigenvalue weighted by atomic mass is 9.96. The molecule has 0 bridgehead atoms. The SMILES string of the molecule is CC(N)(CCCCN1CCS(=O)(=O)CC1)C(=O)O. The molecule has 0 aromatic heterocycles. The highest BCUT2D eigenvalue weighted by Gasteiger charge is 2.27. The van der Waals surface area contributed by atoms with Crippen LogP contribution >= 0.6 is 0 Å². The Labute approximate surface area is 108 Å². The van der Waals surface area contributed by atoms with Gasteiger partial charge >= 0.3 is 5.97 Å². The number of sulfone groups is 1. The van der Waals surface area contributed by atoms with Gasteiger partial charge in [0.15, 0.2) is 9.84 Å². The van der Waals surface area contributed by atoms with Gasteiger partial charge in [0.05, 0.1) is 11.5 Å². The minimum Gasteiger partial charge on any atom is -0.480 e. The summed E-state index contributed by atoms with van der Waals surface area (Å²) < 4.78 is 22.4. The number of hydrogen-bond acceptors (Lipinski definition) is 5. The van der Waals surface area contributed by atoms with Crippen LogP contribution in [0, 0.1) is 0 Å². The molecule has 1 atom stereocenters. The van der Waals surface area contributed by atoms with E-state index in [2.05, 4.69) is 4.90 Å². The summed E-state index contributed by atoms with van der Waals surface area (Å²) in [4.78, 5) is 12.9. The summed E-state index contributed by atoms with van der Waals surface area (Å²) in [6, 6.07) is 0. The zero-order valence-corrected chi connectivity index (χ0v) is 11.6. The van der Waals surface area contributed by atoms with Gasteiger partial charge in [0, 0.05) is 13.1 Å². The molecule has 1 fully saturated rings. The van der Waals surface area contributed by atoms with Gasteiger partial charge < -0.3 is 15.7 Å². The molecule has 1 saturated heterocycles. The molecule has 0 saturated carbocycles. The molecule has 0 aromatic rings. The summed E-state index contributed by atoms with van der Waals surface area (Å²) in [5.74, 6) is -0.514. The van der Waals surface area contributed by atoms with Crippen LogP contribution in [0.3, 0.4) is 0 Å². The first kappa shape index (κ1) is 15.4. The Balaban J connectivity index is 2.18. The zero-order chi connectivity index (χ0) is 13.8. The molecule has 6 nitrogen and oxygen atoms in total. The lowest BCUT2D eigenvalue weighted by molar-refractivity contribution is -0.142. The molecule has 1 rings (SSSR count). The van der Waals surface area contributed by atoms with Crippen LogP contribution in [0.25, 0.3) is 0 Å². The number of nitrogens with two attached hydrogens (primary N) is 1. The lowest BCUT2D eigenvalue weighted by Gasteiger charge is -2.27. The molecule has 1 heterocycles. The topological polar surface area (TPSA) is 101 Å². The van der Waals surface area contributed by atoms with Gasteiger partial charge in [-0.15, -0.1) is 0 Å². The van der Waals surface area contributed by atoms with Gasteiger partial charge in [-0.2, -0.15) is 0 Å². The molecule has 1 aliphatic heterocycles. The minimum atomic E-state index is -2.82. The van der Waals surface area contributed by atoms with Crippen molar-refractivity contribution in [2.24, 2.45) is 5.73 Å². The van der Waals surface area contributed by atoms with Crippen molar-refractivity contribution >= 4 is 15.8 Å². The van der Waals surface area contributed by atoms with Crippen LogP contribution in [0.5, 0.6) is 0 Å². The van der Waals surface area contributed by atoms with E-state index in [-0.39, 0.29) is 11.5 Å². The normalized spacial score (nSPS) is 23.4. The van der Waals surface area contributed by atoms with Crippen LogP contribution in [-0.4, -0.2) is 61.1 Å². The van der Waals surface area contributed by atoms with Crippen LogP contribution in [0.2, 0.25) is 0 Å². The van der Waals surface area contributed by atoms with Crippen molar-refractivity contribution in [1.82, 2.24) is 4.90 Å². The number of unbranched alkanes of at least 4 members (excludes halogenated alkanes) is 1. The highest BCUT2D eigenvalue weighted by molar-refractivity contribution is 7.91. The van der Waals surface area contributed by atoms with E-state index in [1.54, 1.807) is 0 Å². The van der Waals surface area contributed by atoms with Crippen LogP contribution in [0.15, 0.2) is 0 Å². The van der Waals surface area contributed by atoms with E-state index in [1.165, 1.54) is 6.92 Å². The zero-order valence-electron chi connectivity index (χ0n) is 10.8. The highest BCUT2D eigenvalue weighted by atomic mass is 32.2.